The number of nitro benzene ring substituents is 1. The van der Waals surface area contributed by atoms with Gasteiger partial charge in [0.25, 0.3) is 5.69 Å². The van der Waals surface area contributed by atoms with Crippen molar-refractivity contribution in [2.24, 2.45) is 0 Å². The van der Waals surface area contributed by atoms with E-state index in [2.05, 4.69) is 5.32 Å². The van der Waals surface area contributed by atoms with Crippen molar-refractivity contribution < 1.29 is 10.0 Å². The van der Waals surface area contributed by atoms with Gasteiger partial charge in [-0.15, -0.1) is 0 Å². The van der Waals surface area contributed by atoms with E-state index in [9.17, 15) is 15.2 Å². The number of benzene rings is 2. The van der Waals surface area contributed by atoms with Crippen LogP contribution in [-0.4, -0.2) is 16.6 Å². The average Bonchev–Trinajstić information content (AvgIpc) is 2.48. The Labute approximate surface area is 117 Å². The van der Waals surface area contributed by atoms with Gasteiger partial charge in [-0.1, -0.05) is 48.5 Å². The lowest BCUT2D eigenvalue weighted by Crippen LogP contribution is -2.21. The minimum Gasteiger partial charge on any atom is -0.387 e. The summed E-state index contributed by atoms with van der Waals surface area (Å²) in [5.41, 5.74) is 1.52. The van der Waals surface area contributed by atoms with Crippen LogP contribution >= 0.6 is 0 Å². The number of hydrogen-bond acceptors (Lipinski definition) is 4. The maximum Gasteiger partial charge on any atom is 0.273 e. The quantitative estimate of drug-likeness (QED) is 0.625. The summed E-state index contributed by atoms with van der Waals surface area (Å²) in [4.78, 5) is 10.5. The normalized spacial score (nSPS) is 12.1. The summed E-state index contributed by atoms with van der Waals surface area (Å²) < 4.78 is 0. The van der Waals surface area contributed by atoms with Crippen molar-refractivity contribution in [2.45, 2.75) is 12.6 Å². The van der Waals surface area contributed by atoms with Gasteiger partial charge in [0, 0.05) is 24.7 Å². The molecule has 5 heteroatoms. The zero-order valence-corrected chi connectivity index (χ0v) is 10.9. The molecule has 0 amide bonds. The summed E-state index contributed by atoms with van der Waals surface area (Å²) in [7, 11) is 0. The molecule has 0 heterocycles. The molecule has 0 spiro atoms. The first-order valence-electron chi connectivity index (χ1n) is 6.34. The Morgan fingerprint density at radius 3 is 2.45 bits per heavy atom. The smallest absolute Gasteiger partial charge is 0.273 e. The number of hydrogen-bond donors (Lipinski definition) is 2. The third-order valence-electron chi connectivity index (χ3n) is 3.03. The fourth-order valence-electron chi connectivity index (χ4n) is 1.98. The van der Waals surface area contributed by atoms with Crippen LogP contribution in [0.3, 0.4) is 0 Å². The van der Waals surface area contributed by atoms with E-state index in [0.29, 0.717) is 18.7 Å². The van der Waals surface area contributed by atoms with E-state index in [4.69, 9.17) is 0 Å². The standard InChI is InChI=1S/C15H16N2O3/c18-15(12-6-2-1-3-7-12)11-16-10-13-8-4-5-9-14(13)17(19)20/h1-9,15-16,18H,10-11H2. The Hall–Kier alpha value is -2.24. The number of aliphatic hydroxyl groups is 1. The van der Waals surface area contributed by atoms with Crippen molar-refractivity contribution >= 4 is 5.69 Å². The van der Waals surface area contributed by atoms with Crippen molar-refractivity contribution in [3.63, 3.8) is 0 Å². The second-order valence-electron chi connectivity index (χ2n) is 4.44. The summed E-state index contributed by atoms with van der Waals surface area (Å²) in [6, 6.07) is 15.9. The second-order valence-corrected chi connectivity index (χ2v) is 4.44. The fraction of sp³-hybridized carbons (Fsp3) is 0.200. The maximum absolute atomic E-state index is 10.9. The molecule has 0 aliphatic carbocycles. The Morgan fingerprint density at radius 2 is 1.75 bits per heavy atom. The van der Waals surface area contributed by atoms with Gasteiger partial charge in [0.2, 0.25) is 0 Å². The van der Waals surface area contributed by atoms with Gasteiger partial charge in [0.1, 0.15) is 0 Å². The Morgan fingerprint density at radius 1 is 1.10 bits per heavy atom. The summed E-state index contributed by atoms with van der Waals surface area (Å²) in [5.74, 6) is 0. The van der Waals surface area contributed by atoms with E-state index in [1.807, 2.05) is 30.3 Å². The number of nitrogens with zero attached hydrogens (tertiary/aromatic N) is 1. The van der Waals surface area contributed by atoms with Crippen LogP contribution in [0.15, 0.2) is 54.6 Å². The predicted molar refractivity (Wildman–Crippen MR) is 76.2 cm³/mol. The molecule has 0 aliphatic heterocycles. The van der Waals surface area contributed by atoms with Gasteiger partial charge in [-0.3, -0.25) is 10.1 Å². The lowest BCUT2D eigenvalue weighted by molar-refractivity contribution is -0.385. The minimum atomic E-state index is -0.626. The molecule has 0 radical (unpaired) electrons. The largest absolute Gasteiger partial charge is 0.387 e. The molecule has 2 N–H and O–H groups in total. The average molecular weight is 272 g/mol. The highest BCUT2D eigenvalue weighted by atomic mass is 16.6. The number of para-hydroxylation sites is 1. The Balaban J connectivity index is 1.92. The molecule has 2 rings (SSSR count). The van der Waals surface area contributed by atoms with Crippen LogP contribution in [0, 0.1) is 10.1 Å². The van der Waals surface area contributed by atoms with Crippen LogP contribution in [0.2, 0.25) is 0 Å². The van der Waals surface area contributed by atoms with E-state index in [-0.39, 0.29) is 5.69 Å². The molecule has 5 nitrogen and oxygen atoms in total. The molecule has 104 valence electrons. The number of aliphatic hydroxyl groups excluding tert-OH is 1. The molecule has 1 unspecified atom stereocenters. The lowest BCUT2D eigenvalue weighted by atomic mass is 10.1. The summed E-state index contributed by atoms with van der Waals surface area (Å²) in [5, 5.41) is 23.9. The highest BCUT2D eigenvalue weighted by Gasteiger charge is 2.12. The number of nitro groups is 1. The van der Waals surface area contributed by atoms with Gasteiger partial charge in [0.05, 0.1) is 11.0 Å². The molecular formula is C15H16N2O3. The topological polar surface area (TPSA) is 75.4 Å². The third kappa shape index (κ3) is 3.63. The molecular weight excluding hydrogens is 256 g/mol. The molecule has 1 atom stereocenters. The van der Waals surface area contributed by atoms with Crippen LogP contribution in [-0.2, 0) is 6.54 Å². The highest BCUT2D eigenvalue weighted by Crippen LogP contribution is 2.17. The second kappa shape index (κ2) is 6.79. The van der Waals surface area contributed by atoms with E-state index < -0.39 is 11.0 Å². The first kappa shape index (κ1) is 14.2. The molecule has 2 aromatic carbocycles. The molecule has 0 fully saturated rings. The van der Waals surface area contributed by atoms with Crippen LogP contribution < -0.4 is 5.32 Å². The minimum absolute atomic E-state index is 0.0919. The monoisotopic (exact) mass is 272 g/mol. The zero-order valence-electron chi connectivity index (χ0n) is 10.9. The van der Waals surface area contributed by atoms with Gasteiger partial charge in [-0.2, -0.15) is 0 Å². The maximum atomic E-state index is 10.9. The Bertz CT molecular complexity index is 572. The van der Waals surface area contributed by atoms with Crippen LogP contribution in [0.4, 0.5) is 5.69 Å². The van der Waals surface area contributed by atoms with Gasteiger partial charge >= 0.3 is 0 Å². The van der Waals surface area contributed by atoms with Gasteiger partial charge < -0.3 is 10.4 Å². The van der Waals surface area contributed by atoms with E-state index in [0.717, 1.165) is 5.56 Å². The van der Waals surface area contributed by atoms with E-state index in [1.165, 1.54) is 6.07 Å². The SMILES string of the molecule is O=[N+]([O-])c1ccccc1CNCC(O)c1ccccc1. The van der Waals surface area contributed by atoms with Crippen LogP contribution in [0.25, 0.3) is 0 Å². The summed E-state index contributed by atoms with van der Waals surface area (Å²) in [6.45, 7) is 0.692. The molecule has 0 saturated heterocycles. The zero-order chi connectivity index (χ0) is 14.4. The number of rotatable bonds is 6. The van der Waals surface area contributed by atoms with Crippen molar-refractivity contribution in [2.75, 3.05) is 6.54 Å². The molecule has 0 bridgehead atoms. The number of nitrogens with one attached hydrogen (secondary N) is 1. The first-order chi connectivity index (χ1) is 9.68. The molecule has 0 aliphatic rings. The molecule has 0 saturated carbocycles. The van der Waals surface area contributed by atoms with E-state index >= 15 is 0 Å². The van der Waals surface area contributed by atoms with Crippen LogP contribution in [0.5, 0.6) is 0 Å². The third-order valence-corrected chi connectivity index (χ3v) is 3.03. The highest BCUT2D eigenvalue weighted by molar-refractivity contribution is 5.39. The van der Waals surface area contributed by atoms with Crippen molar-refractivity contribution in [3.05, 3.63) is 75.8 Å². The Kier molecular flexibility index (Phi) is 4.81. The first-order valence-corrected chi connectivity index (χ1v) is 6.34. The van der Waals surface area contributed by atoms with Crippen molar-refractivity contribution in [1.82, 2.24) is 5.32 Å². The van der Waals surface area contributed by atoms with Gasteiger partial charge in [-0.05, 0) is 5.56 Å². The fourth-order valence-corrected chi connectivity index (χ4v) is 1.98. The van der Waals surface area contributed by atoms with Crippen molar-refractivity contribution in [3.8, 4) is 0 Å². The summed E-state index contributed by atoms with van der Waals surface area (Å²) >= 11 is 0. The van der Waals surface area contributed by atoms with E-state index in [1.54, 1.807) is 18.2 Å². The molecule has 20 heavy (non-hydrogen) atoms. The van der Waals surface area contributed by atoms with Crippen LogP contribution in [0.1, 0.15) is 17.2 Å². The van der Waals surface area contributed by atoms with Gasteiger partial charge in [0.15, 0.2) is 0 Å². The predicted octanol–water partition coefficient (Wildman–Crippen LogP) is 2.42. The van der Waals surface area contributed by atoms with Crippen molar-refractivity contribution in [1.29, 1.82) is 0 Å². The summed E-state index contributed by atoms with van der Waals surface area (Å²) in [6.07, 6.45) is -0.626. The molecule has 0 aromatic heterocycles. The lowest BCUT2D eigenvalue weighted by Gasteiger charge is -2.12. The van der Waals surface area contributed by atoms with Gasteiger partial charge in [-0.25, -0.2) is 0 Å². The molecule has 2 aromatic rings.